The fourth-order valence-corrected chi connectivity index (χ4v) is 2.97. The van der Waals surface area contributed by atoms with Crippen molar-refractivity contribution >= 4 is 21.6 Å². The second-order valence-corrected chi connectivity index (χ2v) is 5.70. The molecule has 4 nitrogen and oxygen atoms in total. The molecule has 2 N–H and O–H groups in total. The van der Waals surface area contributed by atoms with E-state index in [9.17, 15) is 0 Å². The normalized spacial score (nSPS) is 11.0. The smallest absolute Gasteiger partial charge is 0.152 e. The largest absolute Gasteiger partial charge is 0.496 e. The van der Waals surface area contributed by atoms with Gasteiger partial charge in [-0.05, 0) is 58.7 Å². The number of aromatic nitrogens is 2. The van der Waals surface area contributed by atoms with E-state index in [1.807, 2.05) is 41.8 Å². The number of pyridine rings is 1. The SMILES string of the molecule is COc1ccc(-c2nc3c(Br)cccn3c2CN)cc1C. The van der Waals surface area contributed by atoms with Crippen LogP contribution in [0.15, 0.2) is 41.0 Å². The molecule has 0 atom stereocenters. The molecule has 3 rings (SSSR count). The summed E-state index contributed by atoms with van der Waals surface area (Å²) in [6.45, 7) is 2.45. The van der Waals surface area contributed by atoms with Gasteiger partial charge in [0.1, 0.15) is 5.75 Å². The highest BCUT2D eigenvalue weighted by atomic mass is 79.9. The lowest BCUT2D eigenvalue weighted by atomic mass is 10.1. The Bertz CT molecular complexity index is 811. The minimum absolute atomic E-state index is 0.429. The fourth-order valence-electron chi connectivity index (χ4n) is 2.54. The van der Waals surface area contributed by atoms with Gasteiger partial charge in [-0.1, -0.05) is 0 Å². The number of hydrogen-bond donors (Lipinski definition) is 1. The van der Waals surface area contributed by atoms with Crippen molar-refractivity contribution in [3.63, 3.8) is 0 Å². The molecule has 0 amide bonds. The van der Waals surface area contributed by atoms with E-state index in [-0.39, 0.29) is 0 Å². The van der Waals surface area contributed by atoms with Crippen LogP contribution in [0.5, 0.6) is 5.75 Å². The molecule has 0 saturated carbocycles. The lowest BCUT2D eigenvalue weighted by molar-refractivity contribution is 0.412. The molecule has 0 unspecified atom stereocenters. The molecule has 0 spiro atoms. The van der Waals surface area contributed by atoms with Crippen LogP contribution in [0.25, 0.3) is 16.9 Å². The number of methoxy groups -OCH3 is 1. The van der Waals surface area contributed by atoms with E-state index >= 15 is 0 Å². The van der Waals surface area contributed by atoms with Crippen LogP contribution in [-0.2, 0) is 6.54 Å². The molecule has 0 aliphatic carbocycles. The van der Waals surface area contributed by atoms with Crippen LogP contribution in [0.3, 0.4) is 0 Å². The number of rotatable bonds is 3. The van der Waals surface area contributed by atoms with Gasteiger partial charge < -0.3 is 14.9 Å². The Hall–Kier alpha value is -1.85. The predicted octanol–water partition coefficient (Wildman–Crippen LogP) is 3.54. The number of fused-ring (bicyclic) bond motifs is 1. The maximum Gasteiger partial charge on any atom is 0.152 e. The molecule has 1 aromatic carbocycles. The molecule has 108 valence electrons. The summed E-state index contributed by atoms with van der Waals surface area (Å²) in [5.41, 5.74) is 10.9. The van der Waals surface area contributed by atoms with Crippen LogP contribution in [-0.4, -0.2) is 16.5 Å². The Morgan fingerprint density at radius 3 is 2.81 bits per heavy atom. The van der Waals surface area contributed by atoms with E-state index in [0.717, 1.165) is 38.4 Å². The molecular formula is C16H16BrN3O. The Morgan fingerprint density at radius 1 is 1.33 bits per heavy atom. The number of nitrogens with zero attached hydrogens (tertiary/aromatic N) is 2. The third-order valence-electron chi connectivity index (χ3n) is 3.56. The molecule has 0 fully saturated rings. The first kappa shape index (κ1) is 14.1. The summed E-state index contributed by atoms with van der Waals surface area (Å²) < 4.78 is 8.29. The van der Waals surface area contributed by atoms with Gasteiger partial charge in [0.25, 0.3) is 0 Å². The van der Waals surface area contributed by atoms with Gasteiger partial charge in [0.15, 0.2) is 5.65 Å². The lowest BCUT2D eigenvalue weighted by Gasteiger charge is -2.07. The van der Waals surface area contributed by atoms with Gasteiger partial charge in [-0.25, -0.2) is 4.98 Å². The highest BCUT2D eigenvalue weighted by Crippen LogP contribution is 2.30. The van der Waals surface area contributed by atoms with Crippen molar-refractivity contribution in [2.75, 3.05) is 7.11 Å². The predicted molar refractivity (Wildman–Crippen MR) is 87.5 cm³/mol. The summed E-state index contributed by atoms with van der Waals surface area (Å²) in [6, 6.07) is 10.0. The second-order valence-electron chi connectivity index (χ2n) is 4.85. The molecule has 2 aromatic heterocycles. The first-order valence-electron chi connectivity index (χ1n) is 6.66. The summed E-state index contributed by atoms with van der Waals surface area (Å²) in [5, 5.41) is 0. The first-order valence-corrected chi connectivity index (χ1v) is 7.45. The average molecular weight is 346 g/mol. The molecule has 0 saturated heterocycles. The van der Waals surface area contributed by atoms with Gasteiger partial charge in [0.2, 0.25) is 0 Å². The molecule has 2 heterocycles. The van der Waals surface area contributed by atoms with Gasteiger partial charge >= 0.3 is 0 Å². The molecule has 0 bridgehead atoms. The number of hydrogen-bond acceptors (Lipinski definition) is 3. The number of aryl methyl sites for hydroxylation is 1. The van der Waals surface area contributed by atoms with Gasteiger partial charge in [-0.15, -0.1) is 0 Å². The van der Waals surface area contributed by atoms with Crippen LogP contribution in [0, 0.1) is 6.92 Å². The van der Waals surface area contributed by atoms with Crippen molar-refractivity contribution in [3.8, 4) is 17.0 Å². The minimum Gasteiger partial charge on any atom is -0.496 e. The number of halogens is 1. The van der Waals surface area contributed by atoms with E-state index < -0.39 is 0 Å². The molecule has 3 aromatic rings. The average Bonchev–Trinajstić information content (AvgIpc) is 2.87. The van der Waals surface area contributed by atoms with E-state index in [1.165, 1.54) is 0 Å². The van der Waals surface area contributed by atoms with Crippen LogP contribution in [0.2, 0.25) is 0 Å². The number of ether oxygens (including phenoxy) is 1. The molecule has 5 heteroatoms. The summed E-state index contributed by atoms with van der Waals surface area (Å²) >= 11 is 3.54. The quantitative estimate of drug-likeness (QED) is 0.789. The van der Waals surface area contributed by atoms with Crippen LogP contribution in [0.1, 0.15) is 11.3 Å². The zero-order valence-corrected chi connectivity index (χ0v) is 13.5. The van der Waals surface area contributed by atoms with Crippen molar-refractivity contribution in [2.24, 2.45) is 5.73 Å². The Labute approximate surface area is 131 Å². The number of imidazole rings is 1. The van der Waals surface area contributed by atoms with Gasteiger partial charge in [-0.2, -0.15) is 0 Å². The number of benzene rings is 1. The Balaban J connectivity index is 2.24. The monoisotopic (exact) mass is 345 g/mol. The molecule has 0 aliphatic heterocycles. The summed E-state index contributed by atoms with van der Waals surface area (Å²) in [7, 11) is 1.68. The fraction of sp³-hybridized carbons (Fsp3) is 0.188. The highest BCUT2D eigenvalue weighted by Gasteiger charge is 2.15. The summed E-state index contributed by atoms with van der Waals surface area (Å²) in [4.78, 5) is 4.75. The van der Waals surface area contributed by atoms with Crippen molar-refractivity contribution in [2.45, 2.75) is 13.5 Å². The minimum atomic E-state index is 0.429. The molecule has 21 heavy (non-hydrogen) atoms. The zero-order chi connectivity index (χ0) is 15.0. The van der Waals surface area contributed by atoms with Crippen molar-refractivity contribution < 1.29 is 4.74 Å². The van der Waals surface area contributed by atoms with Crippen LogP contribution < -0.4 is 10.5 Å². The molecular weight excluding hydrogens is 330 g/mol. The standard InChI is InChI=1S/C16H16BrN3O/c1-10-8-11(5-6-14(10)21-2)15-13(9-18)20-7-3-4-12(17)16(20)19-15/h3-8H,9,18H2,1-2H3. The molecule has 0 aliphatic rings. The molecule has 0 radical (unpaired) electrons. The topological polar surface area (TPSA) is 52.5 Å². The lowest BCUT2D eigenvalue weighted by Crippen LogP contribution is -2.02. The van der Waals surface area contributed by atoms with Gasteiger partial charge in [0.05, 0.1) is 23.0 Å². The van der Waals surface area contributed by atoms with Crippen molar-refractivity contribution in [1.29, 1.82) is 0 Å². The first-order chi connectivity index (χ1) is 10.2. The van der Waals surface area contributed by atoms with E-state index in [2.05, 4.69) is 22.0 Å². The van der Waals surface area contributed by atoms with Crippen molar-refractivity contribution in [1.82, 2.24) is 9.38 Å². The van der Waals surface area contributed by atoms with E-state index in [1.54, 1.807) is 7.11 Å². The second kappa shape index (κ2) is 5.50. The van der Waals surface area contributed by atoms with E-state index in [0.29, 0.717) is 6.54 Å². The zero-order valence-electron chi connectivity index (χ0n) is 11.9. The van der Waals surface area contributed by atoms with Gasteiger partial charge in [0, 0.05) is 18.3 Å². The third kappa shape index (κ3) is 2.32. The van der Waals surface area contributed by atoms with Crippen molar-refractivity contribution in [3.05, 3.63) is 52.3 Å². The van der Waals surface area contributed by atoms with E-state index in [4.69, 9.17) is 15.5 Å². The summed E-state index contributed by atoms with van der Waals surface area (Å²) in [6.07, 6.45) is 1.98. The van der Waals surface area contributed by atoms with Crippen LogP contribution >= 0.6 is 15.9 Å². The van der Waals surface area contributed by atoms with Crippen LogP contribution in [0.4, 0.5) is 0 Å². The van der Waals surface area contributed by atoms with Gasteiger partial charge in [-0.3, -0.25) is 0 Å². The summed E-state index contributed by atoms with van der Waals surface area (Å²) in [5.74, 6) is 0.873. The Morgan fingerprint density at radius 2 is 2.14 bits per heavy atom. The Kier molecular flexibility index (Phi) is 3.69. The number of nitrogens with two attached hydrogens (primary N) is 1. The highest BCUT2D eigenvalue weighted by molar-refractivity contribution is 9.10. The maximum absolute atomic E-state index is 5.94. The maximum atomic E-state index is 5.94. The third-order valence-corrected chi connectivity index (χ3v) is 4.18.